The van der Waals surface area contributed by atoms with Crippen LogP contribution in [-0.2, 0) is 0 Å². The number of aliphatic hydroxyl groups excluding tert-OH is 2. The van der Waals surface area contributed by atoms with Crippen LogP contribution in [0.1, 0.15) is 6.92 Å². The molecule has 0 aliphatic heterocycles. The number of rotatable bonds is 5. The second-order valence-corrected chi connectivity index (χ2v) is 2.65. The summed E-state index contributed by atoms with van der Waals surface area (Å²) in [6, 6.07) is 0. The van der Waals surface area contributed by atoms with Crippen molar-refractivity contribution in [1.29, 1.82) is 0 Å². The van der Waals surface area contributed by atoms with Crippen LogP contribution < -0.4 is 5.32 Å². The molecule has 0 saturated heterocycles. The van der Waals surface area contributed by atoms with Crippen LogP contribution >= 0.6 is 0 Å². The van der Waals surface area contributed by atoms with Gasteiger partial charge in [0.2, 0.25) is 0 Å². The number of halogens is 2. The highest BCUT2D eigenvalue weighted by Gasteiger charge is 2.22. The quantitative estimate of drug-likeness (QED) is 0.524. The molecular formula is C6H13F2NO2. The first-order valence-electron chi connectivity index (χ1n) is 3.29. The lowest BCUT2D eigenvalue weighted by Crippen LogP contribution is -2.50. The van der Waals surface area contributed by atoms with E-state index in [-0.39, 0.29) is 13.2 Å². The smallest absolute Gasteiger partial charge is 0.250 e. The Balaban J connectivity index is 3.69. The average molecular weight is 169 g/mol. The minimum absolute atomic E-state index is 0.365. The molecular weight excluding hydrogens is 156 g/mol. The van der Waals surface area contributed by atoms with Crippen LogP contribution in [0, 0.1) is 0 Å². The van der Waals surface area contributed by atoms with E-state index in [1.54, 1.807) is 0 Å². The van der Waals surface area contributed by atoms with E-state index < -0.39 is 18.5 Å². The fourth-order valence-corrected chi connectivity index (χ4v) is 0.485. The summed E-state index contributed by atoms with van der Waals surface area (Å²) >= 11 is 0. The molecule has 0 aromatic rings. The summed E-state index contributed by atoms with van der Waals surface area (Å²) in [5, 5.41) is 19.6. The molecule has 0 unspecified atom stereocenters. The Morgan fingerprint density at radius 3 is 2.09 bits per heavy atom. The maximum Gasteiger partial charge on any atom is 0.250 e. The largest absolute Gasteiger partial charge is 0.394 e. The molecule has 0 aromatic heterocycles. The molecule has 0 heterocycles. The van der Waals surface area contributed by atoms with Crippen molar-refractivity contribution in [1.82, 2.24) is 5.32 Å². The van der Waals surface area contributed by atoms with E-state index in [4.69, 9.17) is 10.2 Å². The number of aliphatic hydroxyl groups is 2. The van der Waals surface area contributed by atoms with Crippen LogP contribution in [0.3, 0.4) is 0 Å². The van der Waals surface area contributed by atoms with Crippen LogP contribution in [0.25, 0.3) is 0 Å². The van der Waals surface area contributed by atoms with E-state index in [2.05, 4.69) is 5.32 Å². The van der Waals surface area contributed by atoms with Crippen molar-refractivity contribution < 1.29 is 19.0 Å². The molecule has 68 valence electrons. The predicted molar refractivity (Wildman–Crippen MR) is 36.6 cm³/mol. The number of nitrogens with one attached hydrogen (secondary N) is 1. The number of hydrogen-bond donors (Lipinski definition) is 3. The maximum absolute atomic E-state index is 11.6. The van der Waals surface area contributed by atoms with Crippen molar-refractivity contribution in [3.8, 4) is 0 Å². The van der Waals surface area contributed by atoms with Gasteiger partial charge >= 0.3 is 0 Å². The van der Waals surface area contributed by atoms with Gasteiger partial charge in [0.05, 0.1) is 25.3 Å². The Kier molecular flexibility index (Phi) is 4.48. The summed E-state index contributed by atoms with van der Waals surface area (Å²) in [6.45, 7) is 0.222. The predicted octanol–water partition coefficient (Wildman–Crippen LogP) is -0.416. The van der Waals surface area contributed by atoms with Crippen LogP contribution in [0.4, 0.5) is 8.78 Å². The summed E-state index contributed by atoms with van der Waals surface area (Å²) in [6.07, 6.45) is -2.47. The van der Waals surface area contributed by atoms with Gasteiger partial charge in [0.15, 0.2) is 0 Å². The lowest BCUT2D eigenvalue weighted by atomic mass is 10.1. The van der Waals surface area contributed by atoms with Crippen molar-refractivity contribution >= 4 is 0 Å². The molecule has 0 saturated carbocycles. The lowest BCUT2D eigenvalue weighted by Gasteiger charge is -2.25. The van der Waals surface area contributed by atoms with E-state index >= 15 is 0 Å². The van der Waals surface area contributed by atoms with Gasteiger partial charge in [0, 0.05) is 0 Å². The second-order valence-electron chi connectivity index (χ2n) is 2.65. The summed E-state index contributed by atoms with van der Waals surface area (Å²) in [5.41, 5.74) is -1.00. The van der Waals surface area contributed by atoms with E-state index in [0.717, 1.165) is 0 Å². The molecule has 3 N–H and O–H groups in total. The van der Waals surface area contributed by atoms with Gasteiger partial charge in [-0.25, -0.2) is 8.78 Å². The number of hydrogen-bond acceptors (Lipinski definition) is 3. The molecule has 0 spiro atoms. The molecule has 0 atom stereocenters. The third-order valence-electron chi connectivity index (χ3n) is 1.38. The van der Waals surface area contributed by atoms with Gasteiger partial charge in [0.1, 0.15) is 0 Å². The Bertz CT molecular complexity index is 107. The standard InChI is InChI=1S/C6H13F2NO2/c1-6(3-10,4-11)9-2-5(7)8/h5,9-11H,2-4H2,1H3. The zero-order valence-corrected chi connectivity index (χ0v) is 6.35. The monoisotopic (exact) mass is 169 g/mol. The summed E-state index contributed by atoms with van der Waals surface area (Å²) in [5.74, 6) is 0. The normalized spacial score (nSPS) is 12.5. The SMILES string of the molecule is CC(CO)(CO)NCC(F)F. The van der Waals surface area contributed by atoms with Gasteiger partial charge in [-0.2, -0.15) is 0 Å². The first-order valence-corrected chi connectivity index (χ1v) is 3.29. The van der Waals surface area contributed by atoms with Crippen molar-refractivity contribution in [3.05, 3.63) is 0 Å². The highest BCUT2D eigenvalue weighted by molar-refractivity contribution is 4.81. The fraction of sp³-hybridized carbons (Fsp3) is 1.00. The van der Waals surface area contributed by atoms with Crippen LogP contribution in [0.15, 0.2) is 0 Å². The maximum atomic E-state index is 11.6. The molecule has 0 aliphatic rings. The zero-order chi connectivity index (χ0) is 8.91. The van der Waals surface area contributed by atoms with Gasteiger partial charge in [-0.15, -0.1) is 0 Å². The molecule has 0 fully saturated rings. The Labute approximate surface area is 64.0 Å². The van der Waals surface area contributed by atoms with Crippen LogP contribution in [-0.4, -0.2) is 41.9 Å². The molecule has 3 nitrogen and oxygen atoms in total. The van der Waals surface area contributed by atoms with Crippen molar-refractivity contribution in [2.75, 3.05) is 19.8 Å². The molecule has 0 amide bonds. The van der Waals surface area contributed by atoms with Gasteiger partial charge < -0.3 is 15.5 Å². The van der Waals surface area contributed by atoms with E-state index in [1.165, 1.54) is 6.92 Å². The average Bonchev–Trinajstić information content (AvgIpc) is 2.00. The first-order chi connectivity index (χ1) is 5.04. The van der Waals surface area contributed by atoms with Crippen molar-refractivity contribution in [2.24, 2.45) is 0 Å². The molecule has 0 aromatic carbocycles. The third-order valence-corrected chi connectivity index (χ3v) is 1.38. The van der Waals surface area contributed by atoms with Gasteiger partial charge in [-0.05, 0) is 6.92 Å². The fourth-order valence-electron chi connectivity index (χ4n) is 0.485. The highest BCUT2D eigenvalue weighted by atomic mass is 19.3. The van der Waals surface area contributed by atoms with Crippen molar-refractivity contribution in [2.45, 2.75) is 18.9 Å². The van der Waals surface area contributed by atoms with Gasteiger partial charge in [-0.3, -0.25) is 0 Å². The Hall–Kier alpha value is -0.260. The second kappa shape index (κ2) is 4.58. The lowest BCUT2D eigenvalue weighted by molar-refractivity contribution is 0.0759. The Morgan fingerprint density at radius 2 is 1.82 bits per heavy atom. The molecule has 5 heteroatoms. The molecule has 11 heavy (non-hydrogen) atoms. The van der Waals surface area contributed by atoms with Gasteiger partial charge in [0.25, 0.3) is 6.43 Å². The van der Waals surface area contributed by atoms with Crippen molar-refractivity contribution in [3.63, 3.8) is 0 Å². The molecule has 0 bridgehead atoms. The molecule has 0 rings (SSSR count). The van der Waals surface area contributed by atoms with E-state index in [0.29, 0.717) is 0 Å². The molecule has 0 radical (unpaired) electrons. The third kappa shape index (κ3) is 4.23. The number of alkyl halides is 2. The van der Waals surface area contributed by atoms with Gasteiger partial charge in [-0.1, -0.05) is 0 Å². The van der Waals surface area contributed by atoms with Crippen LogP contribution in [0.5, 0.6) is 0 Å². The van der Waals surface area contributed by atoms with E-state index in [9.17, 15) is 8.78 Å². The minimum atomic E-state index is -2.47. The van der Waals surface area contributed by atoms with E-state index in [1.807, 2.05) is 0 Å². The highest BCUT2D eigenvalue weighted by Crippen LogP contribution is 2.01. The summed E-state index contributed by atoms with van der Waals surface area (Å²) in [4.78, 5) is 0. The molecule has 0 aliphatic carbocycles. The summed E-state index contributed by atoms with van der Waals surface area (Å²) < 4.78 is 23.2. The van der Waals surface area contributed by atoms with Crippen LogP contribution in [0.2, 0.25) is 0 Å². The minimum Gasteiger partial charge on any atom is -0.394 e. The Morgan fingerprint density at radius 1 is 1.36 bits per heavy atom. The zero-order valence-electron chi connectivity index (χ0n) is 6.35. The topological polar surface area (TPSA) is 52.5 Å². The summed E-state index contributed by atoms with van der Waals surface area (Å²) in [7, 11) is 0. The first kappa shape index (κ1) is 10.7.